The number of nitrogens with zero attached hydrogens (tertiary/aromatic N) is 1. The summed E-state index contributed by atoms with van der Waals surface area (Å²) in [6.45, 7) is 4.79. The molecule has 11 rings (SSSR count). The Kier molecular flexibility index (Phi) is 8.57. The van der Waals surface area contributed by atoms with Gasteiger partial charge in [0.05, 0.1) is 11.4 Å². The number of benzene rings is 10. The van der Waals surface area contributed by atoms with Crippen molar-refractivity contribution in [1.82, 2.24) is 0 Å². The van der Waals surface area contributed by atoms with Crippen molar-refractivity contribution in [1.29, 1.82) is 0 Å². The summed E-state index contributed by atoms with van der Waals surface area (Å²) in [6, 6.07) is 82.5. The van der Waals surface area contributed by atoms with Crippen molar-refractivity contribution in [3.05, 3.63) is 236 Å². The van der Waals surface area contributed by atoms with Gasteiger partial charge < -0.3 is 4.90 Å². The van der Waals surface area contributed by atoms with Crippen LogP contribution in [0.2, 0.25) is 0 Å². The van der Waals surface area contributed by atoms with Crippen LogP contribution in [-0.2, 0) is 5.41 Å². The van der Waals surface area contributed by atoms with Gasteiger partial charge in [0.15, 0.2) is 0 Å². The van der Waals surface area contributed by atoms with E-state index in [1.54, 1.807) is 0 Å². The van der Waals surface area contributed by atoms with Crippen molar-refractivity contribution in [3.63, 3.8) is 0 Å². The minimum atomic E-state index is -0.278. The molecule has 1 heterocycles. The highest BCUT2D eigenvalue weighted by molar-refractivity contribution is 5.95. The number of rotatable bonds is 6. The van der Waals surface area contributed by atoms with Gasteiger partial charge in [0, 0.05) is 11.1 Å². The van der Waals surface area contributed by atoms with Gasteiger partial charge in [-0.2, -0.15) is 0 Å². The smallest absolute Gasteiger partial charge is 0.0503 e. The highest BCUT2D eigenvalue weighted by Gasteiger charge is 2.37. The normalized spacial score (nSPS) is 12.9. The zero-order valence-corrected chi connectivity index (χ0v) is 33.8. The van der Waals surface area contributed by atoms with Gasteiger partial charge in [-0.3, -0.25) is 0 Å². The molecule has 0 amide bonds. The average Bonchev–Trinajstić information content (AvgIpc) is 3.32. The Hall–Kier alpha value is -7.48. The zero-order chi connectivity index (χ0) is 40.2. The molecule has 10 aromatic rings. The Morgan fingerprint density at radius 1 is 0.267 bits per heavy atom. The molecule has 1 heteroatoms. The van der Waals surface area contributed by atoms with Gasteiger partial charge in [-0.1, -0.05) is 178 Å². The van der Waals surface area contributed by atoms with Crippen LogP contribution in [0.1, 0.15) is 25.0 Å². The molecule has 0 saturated carbocycles. The largest absolute Gasteiger partial charge is 0.310 e. The highest BCUT2D eigenvalue weighted by atomic mass is 15.2. The lowest BCUT2D eigenvalue weighted by Gasteiger charge is -2.42. The molecule has 0 N–H and O–H groups in total. The fourth-order valence-electron chi connectivity index (χ4n) is 9.28. The predicted octanol–water partition coefficient (Wildman–Crippen LogP) is 16.4. The summed E-state index contributed by atoms with van der Waals surface area (Å²) in [5, 5.41) is 4.97. The van der Waals surface area contributed by atoms with Crippen molar-refractivity contribution < 1.29 is 0 Å². The van der Waals surface area contributed by atoms with Crippen molar-refractivity contribution in [3.8, 4) is 55.6 Å². The predicted molar refractivity (Wildman–Crippen MR) is 255 cm³/mol. The van der Waals surface area contributed by atoms with Gasteiger partial charge in [0.1, 0.15) is 0 Å². The maximum atomic E-state index is 2.47. The number of hydrogen-bond donors (Lipinski definition) is 0. The molecule has 0 aromatic heterocycles. The summed E-state index contributed by atoms with van der Waals surface area (Å²) in [5.74, 6) is 0. The SMILES string of the molecule is CC1(C)c2cc(-c3ccc4cc(-c5ccccc5)ccc4c3)ccc2N(c2ccc(-c3ccccc3)cc2)c2ccc(-c3ccc4cc(-c5ccccc5)ccc4c3)cc21. The van der Waals surface area contributed by atoms with Crippen molar-refractivity contribution in [2.45, 2.75) is 19.3 Å². The lowest BCUT2D eigenvalue weighted by atomic mass is 9.72. The summed E-state index contributed by atoms with van der Waals surface area (Å²) in [7, 11) is 0. The van der Waals surface area contributed by atoms with Gasteiger partial charge in [0.2, 0.25) is 0 Å². The molecule has 0 radical (unpaired) electrons. The first kappa shape index (κ1) is 35.7. The monoisotopic (exact) mass is 765 g/mol. The van der Waals surface area contributed by atoms with E-state index in [4.69, 9.17) is 0 Å². The van der Waals surface area contributed by atoms with E-state index in [9.17, 15) is 0 Å². The third-order valence-electron chi connectivity index (χ3n) is 12.6. The quantitative estimate of drug-likeness (QED) is 0.163. The average molecular weight is 766 g/mol. The molecule has 0 fully saturated rings. The molecular weight excluding hydrogens is 723 g/mol. The first-order chi connectivity index (χ1) is 29.5. The Morgan fingerprint density at radius 2 is 0.550 bits per heavy atom. The Morgan fingerprint density at radius 3 is 0.933 bits per heavy atom. The maximum Gasteiger partial charge on any atom is 0.0503 e. The summed E-state index contributed by atoms with van der Waals surface area (Å²) < 4.78 is 0. The Bertz CT molecular complexity index is 3020. The topological polar surface area (TPSA) is 3.24 Å². The first-order valence-corrected chi connectivity index (χ1v) is 20.9. The second-order valence-corrected chi connectivity index (χ2v) is 16.6. The van der Waals surface area contributed by atoms with Gasteiger partial charge in [-0.25, -0.2) is 0 Å². The fourth-order valence-corrected chi connectivity index (χ4v) is 9.28. The second kappa shape index (κ2) is 14.4. The lowest BCUT2D eigenvalue weighted by Crippen LogP contribution is -2.30. The fraction of sp³-hybridized carbons (Fsp3) is 0.0508. The first-order valence-electron chi connectivity index (χ1n) is 20.9. The molecule has 0 unspecified atom stereocenters. The molecule has 10 aromatic carbocycles. The molecule has 0 atom stereocenters. The van der Waals surface area contributed by atoms with Crippen LogP contribution in [0.4, 0.5) is 17.1 Å². The molecule has 1 aliphatic rings. The summed E-state index contributed by atoms with van der Waals surface area (Å²) in [5.41, 5.74) is 18.2. The van der Waals surface area contributed by atoms with E-state index in [0.717, 1.165) is 5.69 Å². The second-order valence-electron chi connectivity index (χ2n) is 16.6. The number of fused-ring (bicyclic) bond motifs is 4. The van der Waals surface area contributed by atoms with E-state index in [0.29, 0.717) is 0 Å². The van der Waals surface area contributed by atoms with E-state index in [1.807, 2.05) is 0 Å². The summed E-state index contributed by atoms with van der Waals surface area (Å²) >= 11 is 0. The number of hydrogen-bond acceptors (Lipinski definition) is 1. The van der Waals surface area contributed by atoms with Crippen LogP contribution < -0.4 is 4.90 Å². The minimum Gasteiger partial charge on any atom is -0.310 e. The van der Waals surface area contributed by atoms with E-state index in [-0.39, 0.29) is 5.41 Å². The molecular formula is C59H43N. The van der Waals surface area contributed by atoms with E-state index in [2.05, 4.69) is 243 Å². The van der Waals surface area contributed by atoms with Gasteiger partial charge in [-0.15, -0.1) is 0 Å². The highest BCUT2D eigenvalue weighted by Crippen LogP contribution is 2.53. The van der Waals surface area contributed by atoms with Crippen LogP contribution >= 0.6 is 0 Å². The maximum absolute atomic E-state index is 2.47. The molecule has 0 spiro atoms. The summed E-state index contributed by atoms with van der Waals surface area (Å²) in [6.07, 6.45) is 0. The zero-order valence-electron chi connectivity index (χ0n) is 33.8. The van der Waals surface area contributed by atoms with E-state index < -0.39 is 0 Å². The summed E-state index contributed by atoms with van der Waals surface area (Å²) in [4.78, 5) is 2.47. The standard InChI is InChI=1S/C59H43N/c1-59(2)55-38-52(50-24-22-46-34-44(18-20-48(46)36-50)41-14-8-4-9-15-41)28-32-57(55)60(54-30-26-43(27-31-54)40-12-6-3-7-13-40)58-33-29-53(39-56(58)59)51-25-23-47-35-45(19-21-49(47)37-51)42-16-10-5-11-17-42/h3-39H,1-2H3. The van der Waals surface area contributed by atoms with E-state index >= 15 is 0 Å². The van der Waals surface area contributed by atoms with Crippen molar-refractivity contribution in [2.24, 2.45) is 0 Å². The van der Waals surface area contributed by atoms with E-state index in [1.165, 1.54) is 99.7 Å². The van der Waals surface area contributed by atoms with Crippen LogP contribution in [0.3, 0.4) is 0 Å². The van der Waals surface area contributed by atoms with Gasteiger partial charge in [-0.05, 0) is 149 Å². The van der Waals surface area contributed by atoms with Crippen molar-refractivity contribution in [2.75, 3.05) is 4.90 Å². The van der Waals surface area contributed by atoms with Crippen LogP contribution in [0.5, 0.6) is 0 Å². The van der Waals surface area contributed by atoms with Crippen molar-refractivity contribution >= 4 is 38.6 Å². The minimum absolute atomic E-state index is 0.278. The molecule has 1 nitrogen and oxygen atoms in total. The molecule has 0 saturated heterocycles. The third-order valence-corrected chi connectivity index (χ3v) is 12.6. The molecule has 284 valence electrons. The third kappa shape index (κ3) is 6.27. The number of anilines is 3. The molecule has 1 aliphatic heterocycles. The molecule has 0 aliphatic carbocycles. The Labute approximate surface area is 352 Å². The van der Waals surface area contributed by atoms with Crippen LogP contribution in [0.15, 0.2) is 224 Å². The van der Waals surface area contributed by atoms with Gasteiger partial charge >= 0.3 is 0 Å². The molecule has 60 heavy (non-hydrogen) atoms. The van der Waals surface area contributed by atoms with Crippen LogP contribution in [-0.4, -0.2) is 0 Å². The van der Waals surface area contributed by atoms with Gasteiger partial charge in [0.25, 0.3) is 0 Å². The van der Waals surface area contributed by atoms with Crippen LogP contribution in [0.25, 0.3) is 77.2 Å². The Balaban J connectivity index is 1.01. The lowest BCUT2D eigenvalue weighted by molar-refractivity contribution is 0.632. The molecule has 0 bridgehead atoms. The van der Waals surface area contributed by atoms with Crippen LogP contribution in [0, 0.1) is 0 Å².